The van der Waals surface area contributed by atoms with Crippen LogP contribution >= 0.6 is 0 Å². The molecule has 1 amide bonds. The first kappa shape index (κ1) is 8.05. The zero-order valence-corrected chi connectivity index (χ0v) is 6.55. The average Bonchev–Trinajstić information content (AvgIpc) is 2.03. The predicted octanol–water partition coefficient (Wildman–Crippen LogP) is 1.53. The van der Waals surface area contributed by atoms with Crippen LogP contribution in [0.2, 0.25) is 0 Å². The molecule has 0 saturated heterocycles. The number of rotatable bonds is 3. The van der Waals surface area contributed by atoms with Gasteiger partial charge in [-0.1, -0.05) is 23.8 Å². The maximum atomic E-state index is 10.4. The minimum Gasteiger partial charge on any atom is -0.370 e. The fraction of sp³-hybridized carbons (Fsp3) is 0.444. The van der Waals surface area contributed by atoms with E-state index in [1.165, 1.54) is 5.57 Å². The third-order valence-corrected chi connectivity index (χ3v) is 1.78. The van der Waals surface area contributed by atoms with Crippen LogP contribution in [0.5, 0.6) is 0 Å². The Morgan fingerprint density at radius 2 is 2.36 bits per heavy atom. The van der Waals surface area contributed by atoms with Crippen molar-refractivity contribution in [3.63, 3.8) is 0 Å². The van der Waals surface area contributed by atoms with Gasteiger partial charge in [0.15, 0.2) is 0 Å². The molecule has 1 aliphatic rings. The van der Waals surface area contributed by atoms with Gasteiger partial charge in [0, 0.05) is 6.42 Å². The fourth-order valence-corrected chi connectivity index (χ4v) is 1.14. The minimum atomic E-state index is -0.208. The van der Waals surface area contributed by atoms with E-state index in [0.717, 1.165) is 19.3 Å². The molecule has 1 rings (SSSR count). The standard InChI is InChI=1S/C9H13NO/c10-9(11)7-6-8-4-2-1-3-5-8/h1-2,5H,3-4,6-7H2,(H2,10,11). The highest BCUT2D eigenvalue weighted by molar-refractivity contribution is 5.73. The van der Waals surface area contributed by atoms with E-state index in [1.54, 1.807) is 0 Å². The molecule has 0 aromatic heterocycles. The van der Waals surface area contributed by atoms with Crippen LogP contribution in [0.3, 0.4) is 0 Å². The van der Waals surface area contributed by atoms with Gasteiger partial charge in [-0.25, -0.2) is 0 Å². The Balaban J connectivity index is 2.26. The van der Waals surface area contributed by atoms with Gasteiger partial charge in [0.25, 0.3) is 0 Å². The van der Waals surface area contributed by atoms with Gasteiger partial charge in [-0.2, -0.15) is 0 Å². The van der Waals surface area contributed by atoms with Crippen LogP contribution in [0.15, 0.2) is 23.8 Å². The van der Waals surface area contributed by atoms with Gasteiger partial charge in [0.05, 0.1) is 0 Å². The van der Waals surface area contributed by atoms with Crippen LogP contribution in [-0.4, -0.2) is 5.91 Å². The Bertz CT molecular complexity index is 204. The maximum Gasteiger partial charge on any atom is 0.217 e. The van der Waals surface area contributed by atoms with Crippen molar-refractivity contribution >= 4 is 5.91 Å². The summed E-state index contributed by atoms with van der Waals surface area (Å²) < 4.78 is 0. The van der Waals surface area contributed by atoms with Crippen LogP contribution in [-0.2, 0) is 4.79 Å². The monoisotopic (exact) mass is 151 g/mol. The van der Waals surface area contributed by atoms with E-state index < -0.39 is 0 Å². The highest BCUT2D eigenvalue weighted by atomic mass is 16.1. The Morgan fingerprint density at radius 3 is 2.91 bits per heavy atom. The molecule has 0 radical (unpaired) electrons. The Hall–Kier alpha value is -1.05. The van der Waals surface area contributed by atoms with Crippen molar-refractivity contribution in [2.45, 2.75) is 25.7 Å². The van der Waals surface area contributed by atoms with Gasteiger partial charge in [0.1, 0.15) is 0 Å². The summed E-state index contributed by atoms with van der Waals surface area (Å²) >= 11 is 0. The molecule has 2 heteroatoms. The number of carbonyl (C=O) groups is 1. The van der Waals surface area contributed by atoms with Crippen molar-refractivity contribution in [1.29, 1.82) is 0 Å². The van der Waals surface area contributed by atoms with E-state index in [1.807, 2.05) is 0 Å². The van der Waals surface area contributed by atoms with Crippen molar-refractivity contribution in [3.8, 4) is 0 Å². The predicted molar refractivity (Wildman–Crippen MR) is 44.9 cm³/mol. The number of nitrogens with two attached hydrogens (primary N) is 1. The number of hydrogen-bond acceptors (Lipinski definition) is 1. The van der Waals surface area contributed by atoms with Gasteiger partial charge in [-0.3, -0.25) is 4.79 Å². The Labute approximate surface area is 66.8 Å². The molecule has 0 unspecified atom stereocenters. The lowest BCUT2D eigenvalue weighted by atomic mass is 10.0. The zero-order valence-electron chi connectivity index (χ0n) is 6.55. The second-order valence-electron chi connectivity index (χ2n) is 2.74. The molecule has 11 heavy (non-hydrogen) atoms. The Kier molecular flexibility index (Phi) is 2.90. The lowest BCUT2D eigenvalue weighted by Gasteiger charge is -2.05. The summed E-state index contributed by atoms with van der Waals surface area (Å²) in [5.74, 6) is -0.208. The topological polar surface area (TPSA) is 43.1 Å². The molecule has 0 bridgehead atoms. The summed E-state index contributed by atoms with van der Waals surface area (Å²) in [6.07, 6.45) is 9.76. The molecule has 1 aliphatic carbocycles. The van der Waals surface area contributed by atoms with E-state index in [9.17, 15) is 4.79 Å². The minimum absolute atomic E-state index is 0.208. The summed E-state index contributed by atoms with van der Waals surface area (Å²) in [4.78, 5) is 10.4. The van der Waals surface area contributed by atoms with Crippen molar-refractivity contribution in [1.82, 2.24) is 0 Å². The number of hydrogen-bond donors (Lipinski definition) is 1. The summed E-state index contributed by atoms with van der Waals surface area (Å²) in [6, 6.07) is 0. The SMILES string of the molecule is NC(=O)CCC1=CCC=CC1. The molecule has 0 aromatic rings. The maximum absolute atomic E-state index is 10.4. The lowest BCUT2D eigenvalue weighted by Crippen LogP contribution is -2.10. The second kappa shape index (κ2) is 3.96. The second-order valence-corrected chi connectivity index (χ2v) is 2.74. The fourth-order valence-electron chi connectivity index (χ4n) is 1.14. The lowest BCUT2D eigenvalue weighted by molar-refractivity contribution is -0.117. The zero-order chi connectivity index (χ0) is 8.10. The van der Waals surface area contributed by atoms with Crippen molar-refractivity contribution < 1.29 is 4.79 Å². The quantitative estimate of drug-likeness (QED) is 0.611. The summed E-state index contributed by atoms with van der Waals surface area (Å²) in [5.41, 5.74) is 6.36. The van der Waals surface area contributed by atoms with Crippen LogP contribution in [0.1, 0.15) is 25.7 Å². The molecular weight excluding hydrogens is 138 g/mol. The van der Waals surface area contributed by atoms with Gasteiger partial charge in [-0.15, -0.1) is 0 Å². The Morgan fingerprint density at radius 1 is 1.55 bits per heavy atom. The van der Waals surface area contributed by atoms with Gasteiger partial charge in [-0.05, 0) is 19.3 Å². The summed E-state index contributed by atoms with van der Waals surface area (Å²) in [7, 11) is 0. The van der Waals surface area contributed by atoms with E-state index in [0.29, 0.717) is 6.42 Å². The molecule has 0 aromatic carbocycles. The van der Waals surface area contributed by atoms with E-state index in [-0.39, 0.29) is 5.91 Å². The van der Waals surface area contributed by atoms with Gasteiger partial charge < -0.3 is 5.73 Å². The molecule has 60 valence electrons. The highest BCUT2D eigenvalue weighted by Gasteiger charge is 2.00. The third-order valence-electron chi connectivity index (χ3n) is 1.78. The van der Waals surface area contributed by atoms with Crippen LogP contribution < -0.4 is 5.73 Å². The summed E-state index contributed by atoms with van der Waals surface area (Å²) in [6.45, 7) is 0. The van der Waals surface area contributed by atoms with E-state index in [4.69, 9.17) is 5.73 Å². The first-order chi connectivity index (χ1) is 5.29. The molecule has 2 N–H and O–H groups in total. The van der Waals surface area contributed by atoms with Gasteiger partial charge >= 0.3 is 0 Å². The molecule has 0 saturated carbocycles. The van der Waals surface area contributed by atoms with E-state index >= 15 is 0 Å². The largest absolute Gasteiger partial charge is 0.370 e. The smallest absolute Gasteiger partial charge is 0.217 e. The molecule has 0 heterocycles. The van der Waals surface area contributed by atoms with Crippen molar-refractivity contribution in [2.75, 3.05) is 0 Å². The van der Waals surface area contributed by atoms with Crippen LogP contribution in [0, 0.1) is 0 Å². The van der Waals surface area contributed by atoms with E-state index in [2.05, 4.69) is 18.2 Å². The number of amides is 1. The number of carbonyl (C=O) groups excluding carboxylic acids is 1. The highest BCUT2D eigenvalue weighted by Crippen LogP contribution is 2.15. The molecule has 0 aliphatic heterocycles. The van der Waals surface area contributed by atoms with Crippen LogP contribution in [0.25, 0.3) is 0 Å². The molecule has 0 fully saturated rings. The van der Waals surface area contributed by atoms with Crippen LogP contribution in [0.4, 0.5) is 0 Å². The normalized spacial score (nSPS) is 16.2. The first-order valence-electron chi connectivity index (χ1n) is 3.90. The first-order valence-corrected chi connectivity index (χ1v) is 3.90. The van der Waals surface area contributed by atoms with Crippen molar-refractivity contribution in [3.05, 3.63) is 23.8 Å². The molecular formula is C9H13NO. The third kappa shape index (κ3) is 3.03. The number of allylic oxidation sites excluding steroid dienone is 4. The average molecular weight is 151 g/mol. The van der Waals surface area contributed by atoms with Gasteiger partial charge in [0.2, 0.25) is 5.91 Å². The molecule has 0 atom stereocenters. The molecule has 0 spiro atoms. The number of primary amides is 1. The molecule has 2 nitrogen and oxygen atoms in total. The van der Waals surface area contributed by atoms with Crippen molar-refractivity contribution in [2.24, 2.45) is 5.73 Å². The summed E-state index contributed by atoms with van der Waals surface area (Å²) in [5, 5.41) is 0.